The highest BCUT2D eigenvalue weighted by atomic mass is 16.6. The number of hydrogen-bond donors (Lipinski definition) is 1. The third-order valence-electron chi connectivity index (χ3n) is 2.26. The van der Waals surface area contributed by atoms with Crippen LogP contribution in [-0.2, 0) is 4.74 Å². The first kappa shape index (κ1) is 14.4. The van der Waals surface area contributed by atoms with Gasteiger partial charge in [0.2, 0.25) is 0 Å². The number of anilines is 1. The van der Waals surface area contributed by atoms with Crippen molar-refractivity contribution in [3.05, 3.63) is 27.9 Å². The minimum absolute atomic E-state index is 0.0385. The van der Waals surface area contributed by atoms with E-state index in [-0.39, 0.29) is 5.69 Å². The van der Waals surface area contributed by atoms with Crippen molar-refractivity contribution in [3.8, 4) is 0 Å². The van der Waals surface area contributed by atoms with Gasteiger partial charge in [-0.1, -0.05) is 13.8 Å². The molecule has 0 aromatic carbocycles. The van der Waals surface area contributed by atoms with E-state index in [0.29, 0.717) is 30.6 Å². The summed E-state index contributed by atoms with van der Waals surface area (Å²) in [5, 5.41) is 13.7. The van der Waals surface area contributed by atoms with Gasteiger partial charge in [0.15, 0.2) is 0 Å². The molecule has 1 heterocycles. The van der Waals surface area contributed by atoms with E-state index >= 15 is 0 Å². The zero-order valence-corrected chi connectivity index (χ0v) is 11.0. The summed E-state index contributed by atoms with van der Waals surface area (Å²) in [6.07, 6.45) is 0. The summed E-state index contributed by atoms with van der Waals surface area (Å²) in [7, 11) is 0. The first-order chi connectivity index (χ1) is 8.50. The fourth-order valence-corrected chi connectivity index (χ4v) is 1.42. The molecule has 0 bridgehead atoms. The lowest BCUT2D eigenvalue weighted by Gasteiger charge is -2.08. The smallest absolute Gasteiger partial charge is 0.290 e. The number of rotatable bonds is 7. The molecule has 100 valence electrons. The van der Waals surface area contributed by atoms with Crippen molar-refractivity contribution < 1.29 is 9.66 Å². The van der Waals surface area contributed by atoms with Gasteiger partial charge in [-0.2, -0.15) is 0 Å². The van der Waals surface area contributed by atoms with Gasteiger partial charge in [-0.25, -0.2) is 4.98 Å². The predicted octanol–water partition coefficient (Wildman–Crippen LogP) is 2.38. The molecule has 0 saturated heterocycles. The molecule has 0 aliphatic carbocycles. The summed E-state index contributed by atoms with van der Waals surface area (Å²) >= 11 is 0. The number of ether oxygens (including phenoxy) is 1. The highest BCUT2D eigenvalue weighted by molar-refractivity contribution is 5.44. The summed E-state index contributed by atoms with van der Waals surface area (Å²) in [4.78, 5) is 14.3. The number of nitrogens with zero attached hydrogens (tertiary/aromatic N) is 2. The second kappa shape index (κ2) is 6.90. The Labute approximate surface area is 107 Å². The first-order valence-electron chi connectivity index (χ1n) is 5.94. The average molecular weight is 253 g/mol. The molecule has 0 atom stereocenters. The van der Waals surface area contributed by atoms with Gasteiger partial charge in [0.25, 0.3) is 5.69 Å². The molecule has 18 heavy (non-hydrogen) atoms. The second-order valence-corrected chi connectivity index (χ2v) is 4.45. The van der Waals surface area contributed by atoms with E-state index < -0.39 is 4.92 Å². The van der Waals surface area contributed by atoms with Crippen LogP contribution in [0.5, 0.6) is 0 Å². The molecule has 0 aliphatic rings. The number of nitro groups is 1. The fourth-order valence-electron chi connectivity index (χ4n) is 1.42. The van der Waals surface area contributed by atoms with E-state index in [1.54, 1.807) is 13.0 Å². The Morgan fingerprint density at radius 3 is 2.78 bits per heavy atom. The van der Waals surface area contributed by atoms with Crippen molar-refractivity contribution in [3.63, 3.8) is 0 Å². The van der Waals surface area contributed by atoms with Crippen LogP contribution in [0.25, 0.3) is 0 Å². The molecule has 0 fully saturated rings. The average Bonchev–Trinajstić information content (AvgIpc) is 2.27. The van der Waals surface area contributed by atoms with Crippen LogP contribution in [0.3, 0.4) is 0 Å². The molecule has 0 aliphatic heterocycles. The van der Waals surface area contributed by atoms with Gasteiger partial charge < -0.3 is 10.1 Å². The van der Waals surface area contributed by atoms with Crippen LogP contribution in [0, 0.1) is 23.0 Å². The van der Waals surface area contributed by atoms with Crippen LogP contribution in [0.4, 0.5) is 11.5 Å². The van der Waals surface area contributed by atoms with Crippen LogP contribution < -0.4 is 5.32 Å². The molecular formula is C12H19N3O3. The van der Waals surface area contributed by atoms with Crippen LogP contribution in [-0.4, -0.2) is 29.7 Å². The van der Waals surface area contributed by atoms with Crippen molar-refractivity contribution >= 4 is 11.5 Å². The van der Waals surface area contributed by atoms with Crippen molar-refractivity contribution in [2.75, 3.05) is 25.1 Å². The molecule has 1 aromatic rings. The van der Waals surface area contributed by atoms with Crippen molar-refractivity contribution in [1.82, 2.24) is 4.98 Å². The molecule has 1 rings (SSSR count). The number of aryl methyl sites for hydroxylation is 1. The highest BCUT2D eigenvalue weighted by Gasteiger charge is 2.11. The first-order valence-corrected chi connectivity index (χ1v) is 5.94. The summed E-state index contributed by atoms with van der Waals surface area (Å²) in [6.45, 7) is 7.77. The van der Waals surface area contributed by atoms with E-state index in [9.17, 15) is 10.1 Å². The lowest BCUT2D eigenvalue weighted by atomic mass is 10.2. The Hall–Kier alpha value is -1.69. The van der Waals surface area contributed by atoms with Crippen LogP contribution in [0.15, 0.2) is 12.1 Å². The summed E-state index contributed by atoms with van der Waals surface area (Å²) in [5.41, 5.74) is 0.449. The lowest BCUT2D eigenvalue weighted by Crippen LogP contribution is -2.13. The van der Waals surface area contributed by atoms with Gasteiger partial charge in [-0.15, -0.1) is 0 Å². The number of aromatic nitrogens is 1. The Balaban J connectivity index is 2.39. The molecule has 6 heteroatoms. The van der Waals surface area contributed by atoms with Crippen molar-refractivity contribution in [2.24, 2.45) is 5.92 Å². The van der Waals surface area contributed by atoms with Crippen LogP contribution in [0.2, 0.25) is 0 Å². The third kappa shape index (κ3) is 4.67. The summed E-state index contributed by atoms with van der Waals surface area (Å²) < 4.78 is 5.41. The third-order valence-corrected chi connectivity index (χ3v) is 2.26. The van der Waals surface area contributed by atoms with Gasteiger partial charge in [0.05, 0.1) is 11.5 Å². The topological polar surface area (TPSA) is 77.3 Å². The second-order valence-electron chi connectivity index (χ2n) is 4.45. The van der Waals surface area contributed by atoms with Gasteiger partial charge in [0.1, 0.15) is 11.5 Å². The Kier molecular flexibility index (Phi) is 5.51. The predicted molar refractivity (Wildman–Crippen MR) is 69.8 cm³/mol. The maximum atomic E-state index is 10.6. The minimum atomic E-state index is -0.433. The van der Waals surface area contributed by atoms with Crippen LogP contribution >= 0.6 is 0 Å². The van der Waals surface area contributed by atoms with Gasteiger partial charge in [-0.3, -0.25) is 10.1 Å². The summed E-state index contributed by atoms with van der Waals surface area (Å²) in [6, 6.07) is 3.06. The summed E-state index contributed by atoms with van der Waals surface area (Å²) in [5.74, 6) is 1.15. The van der Waals surface area contributed by atoms with Crippen LogP contribution in [0.1, 0.15) is 19.5 Å². The molecule has 1 aromatic heterocycles. The molecule has 0 spiro atoms. The van der Waals surface area contributed by atoms with E-state index in [1.165, 1.54) is 6.07 Å². The maximum Gasteiger partial charge on any atom is 0.290 e. The van der Waals surface area contributed by atoms with Crippen molar-refractivity contribution in [1.29, 1.82) is 0 Å². The monoisotopic (exact) mass is 253 g/mol. The molecule has 0 radical (unpaired) electrons. The molecule has 0 unspecified atom stereocenters. The van der Waals surface area contributed by atoms with E-state index in [2.05, 4.69) is 24.1 Å². The Morgan fingerprint density at radius 2 is 2.22 bits per heavy atom. The minimum Gasteiger partial charge on any atom is -0.379 e. The van der Waals surface area contributed by atoms with Gasteiger partial charge >= 0.3 is 0 Å². The van der Waals surface area contributed by atoms with Gasteiger partial charge in [-0.05, 0) is 18.9 Å². The molecule has 0 amide bonds. The number of hydrogen-bond acceptors (Lipinski definition) is 5. The quantitative estimate of drug-likeness (QED) is 0.458. The molecule has 1 N–H and O–H groups in total. The van der Waals surface area contributed by atoms with E-state index in [0.717, 1.165) is 6.61 Å². The standard InChI is InChI=1S/C12H19N3O3/c1-9(2)8-18-7-6-13-12-5-4-11(15(16)17)10(3)14-12/h4-5,9H,6-8H2,1-3H3,(H,13,14). The zero-order chi connectivity index (χ0) is 13.5. The zero-order valence-electron chi connectivity index (χ0n) is 11.0. The fraction of sp³-hybridized carbons (Fsp3) is 0.583. The van der Waals surface area contributed by atoms with Crippen molar-refractivity contribution in [2.45, 2.75) is 20.8 Å². The molecular weight excluding hydrogens is 234 g/mol. The Bertz CT molecular complexity index is 408. The van der Waals surface area contributed by atoms with E-state index in [4.69, 9.17) is 4.74 Å². The largest absolute Gasteiger partial charge is 0.379 e. The number of pyridine rings is 1. The maximum absolute atomic E-state index is 10.6. The number of nitrogens with one attached hydrogen (secondary N) is 1. The highest BCUT2D eigenvalue weighted by Crippen LogP contribution is 2.17. The van der Waals surface area contributed by atoms with E-state index in [1.807, 2.05) is 0 Å². The normalized spacial score (nSPS) is 10.7. The molecule has 0 saturated carbocycles. The molecule has 6 nitrogen and oxygen atoms in total. The Morgan fingerprint density at radius 1 is 1.50 bits per heavy atom. The van der Waals surface area contributed by atoms with Gasteiger partial charge in [0, 0.05) is 19.2 Å². The SMILES string of the molecule is Cc1nc(NCCOCC(C)C)ccc1[N+](=O)[O-]. The lowest BCUT2D eigenvalue weighted by molar-refractivity contribution is -0.385.